The molecule has 1 rings (SSSR count). The first-order chi connectivity index (χ1) is 5.83. The predicted octanol–water partition coefficient (Wildman–Crippen LogP) is 0.906. The first-order valence-electron chi connectivity index (χ1n) is 3.43. The van der Waals surface area contributed by atoms with Crippen molar-refractivity contribution in [3.63, 3.8) is 0 Å². The maximum Gasteiger partial charge on any atom is 0.264 e. The number of hydrogen-bond donors (Lipinski definition) is 1. The van der Waals surface area contributed by atoms with Crippen LogP contribution in [0, 0.1) is 11.8 Å². The fraction of sp³-hybridized carbons (Fsp3) is 0.250. The van der Waals surface area contributed by atoms with Gasteiger partial charge in [-0.25, -0.2) is 5.10 Å². The van der Waals surface area contributed by atoms with Crippen LogP contribution in [0.15, 0.2) is 16.9 Å². The number of hydrogen-bond acceptors (Lipinski definition) is 2. The van der Waals surface area contributed by atoms with E-state index in [9.17, 15) is 4.79 Å². The molecule has 0 bridgehead atoms. The monoisotopic (exact) mass is 226 g/mol. The Bertz CT molecular complexity index is 341. The standard InChI is InChI=1S/C8H7BrN2O/c9-6-2-1-3-7-4-5-8(12)11-10-7/h4-5H,2,6H2,(H,11,12). The zero-order chi connectivity index (χ0) is 8.81. The quantitative estimate of drug-likeness (QED) is 0.572. The molecule has 4 heteroatoms. The Morgan fingerprint density at radius 1 is 1.58 bits per heavy atom. The van der Waals surface area contributed by atoms with Crippen LogP contribution in [0.4, 0.5) is 0 Å². The highest BCUT2D eigenvalue weighted by atomic mass is 79.9. The lowest BCUT2D eigenvalue weighted by atomic mass is 10.3. The van der Waals surface area contributed by atoms with Crippen molar-refractivity contribution < 1.29 is 0 Å². The maximum atomic E-state index is 10.6. The minimum atomic E-state index is -0.207. The lowest BCUT2D eigenvalue weighted by Crippen LogP contribution is -2.05. The Hall–Kier alpha value is -1.08. The molecule has 0 spiro atoms. The summed E-state index contributed by atoms with van der Waals surface area (Å²) >= 11 is 3.25. The number of nitrogens with one attached hydrogen (secondary N) is 1. The number of halogens is 1. The summed E-state index contributed by atoms with van der Waals surface area (Å²) in [5.74, 6) is 5.70. The van der Waals surface area contributed by atoms with Gasteiger partial charge < -0.3 is 0 Å². The largest absolute Gasteiger partial charge is 0.268 e. The van der Waals surface area contributed by atoms with Crippen molar-refractivity contribution in [2.75, 3.05) is 5.33 Å². The molecular formula is C8H7BrN2O. The van der Waals surface area contributed by atoms with Crippen molar-refractivity contribution >= 4 is 15.9 Å². The van der Waals surface area contributed by atoms with Crippen LogP contribution in [-0.4, -0.2) is 15.5 Å². The van der Waals surface area contributed by atoms with Gasteiger partial charge in [0.15, 0.2) is 0 Å². The van der Waals surface area contributed by atoms with Crippen LogP contribution < -0.4 is 5.56 Å². The van der Waals surface area contributed by atoms with E-state index < -0.39 is 0 Å². The van der Waals surface area contributed by atoms with Crippen LogP contribution >= 0.6 is 15.9 Å². The van der Waals surface area contributed by atoms with E-state index in [0.29, 0.717) is 5.69 Å². The summed E-state index contributed by atoms with van der Waals surface area (Å²) in [4.78, 5) is 10.6. The number of rotatable bonds is 1. The fourth-order valence-electron chi connectivity index (χ4n) is 0.614. The molecule has 1 aromatic rings. The summed E-state index contributed by atoms with van der Waals surface area (Å²) in [6.07, 6.45) is 0.779. The molecule has 0 amide bonds. The lowest BCUT2D eigenvalue weighted by molar-refractivity contribution is 0.973. The number of H-pyrrole nitrogens is 1. The van der Waals surface area contributed by atoms with Crippen molar-refractivity contribution in [3.8, 4) is 11.8 Å². The fourth-order valence-corrected chi connectivity index (χ4v) is 0.813. The second kappa shape index (κ2) is 4.73. The van der Waals surface area contributed by atoms with Crippen LogP contribution in [-0.2, 0) is 0 Å². The second-order valence-electron chi connectivity index (χ2n) is 2.05. The second-order valence-corrected chi connectivity index (χ2v) is 2.84. The first kappa shape index (κ1) is 9.01. The van der Waals surface area contributed by atoms with E-state index in [1.54, 1.807) is 6.07 Å². The zero-order valence-electron chi connectivity index (χ0n) is 6.30. The van der Waals surface area contributed by atoms with Gasteiger partial charge >= 0.3 is 0 Å². The summed E-state index contributed by atoms with van der Waals surface area (Å²) in [5.41, 5.74) is 0.386. The average Bonchev–Trinajstić information content (AvgIpc) is 2.09. The molecule has 1 N–H and O–H groups in total. The molecule has 0 aliphatic carbocycles. The topological polar surface area (TPSA) is 45.8 Å². The van der Waals surface area contributed by atoms with Crippen LogP contribution in [0.3, 0.4) is 0 Å². The van der Waals surface area contributed by atoms with Crippen molar-refractivity contribution in [2.45, 2.75) is 6.42 Å². The molecule has 0 aromatic carbocycles. The van der Waals surface area contributed by atoms with Crippen LogP contribution in [0.1, 0.15) is 12.1 Å². The van der Waals surface area contributed by atoms with E-state index in [2.05, 4.69) is 38.0 Å². The van der Waals surface area contributed by atoms with E-state index in [0.717, 1.165) is 11.8 Å². The van der Waals surface area contributed by atoms with Gasteiger partial charge in [0.25, 0.3) is 5.56 Å². The highest BCUT2D eigenvalue weighted by Crippen LogP contribution is 1.87. The van der Waals surface area contributed by atoms with Gasteiger partial charge in [-0.3, -0.25) is 4.79 Å². The Kier molecular flexibility index (Phi) is 3.55. The minimum absolute atomic E-state index is 0.207. The van der Waals surface area contributed by atoms with Crippen molar-refractivity contribution in [1.29, 1.82) is 0 Å². The Morgan fingerprint density at radius 2 is 2.42 bits per heavy atom. The smallest absolute Gasteiger partial charge is 0.264 e. The molecule has 1 aromatic heterocycles. The van der Waals surface area contributed by atoms with E-state index in [4.69, 9.17) is 0 Å². The zero-order valence-corrected chi connectivity index (χ0v) is 7.89. The normalized spacial score (nSPS) is 8.75. The lowest BCUT2D eigenvalue weighted by Gasteiger charge is -1.84. The van der Waals surface area contributed by atoms with Gasteiger partial charge in [-0.15, -0.1) is 0 Å². The third kappa shape index (κ3) is 2.89. The summed E-state index contributed by atoms with van der Waals surface area (Å²) in [5, 5.41) is 6.88. The maximum absolute atomic E-state index is 10.6. The van der Waals surface area contributed by atoms with Gasteiger partial charge in [-0.1, -0.05) is 21.9 Å². The van der Waals surface area contributed by atoms with Gasteiger partial charge in [0.2, 0.25) is 0 Å². The molecule has 0 unspecified atom stereocenters. The molecule has 0 fully saturated rings. The molecule has 62 valence electrons. The molecule has 0 saturated carbocycles. The SMILES string of the molecule is O=c1ccc(C#CCCBr)n[nH]1. The highest BCUT2D eigenvalue weighted by molar-refractivity contribution is 9.09. The summed E-state index contributed by atoms with van der Waals surface area (Å²) in [6, 6.07) is 3.01. The van der Waals surface area contributed by atoms with E-state index in [1.165, 1.54) is 6.07 Å². The molecule has 0 atom stereocenters. The summed E-state index contributed by atoms with van der Waals surface area (Å²) in [7, 11) is 0. The third-order valence-corrected chi connectivity index (χ3v) is 1.51. The van der Waals surface area contributed by atoms with Crippen LogP contribution in [0.25, 0.3) is 0 Å². The number of aromatic nitrogens is 2. The molecule has 0 aliphatic rings. The number of alkyl halides is 1. The van der Waals surface area contributed by atoms with E-state index >= 15 is 0 Å². The van der Waals surface area contributed by atoms with Gasteiger partial charge in [0, 0.05) is 17.8 Å². The molecule has 12 heavy (non-hydrogen) atoms. The molecule has 0 saturated heterocycles. The molecule has 0 aliphatic heterocycles. The van der Waals surface area contributed by atoms with Crippen LogP contribution in [0.5, 0.6) is 0 Å². The van der Waals surface area contributed by atoms with Gasteiger partial charge in [-0.2, -0.15) is 5.10 Å². The highest BCUT2D eigenvalue weighted by Gasteiger charge is 1.85. The molecule has 0 radical (unpaired) electrons. The molecule has 3 nitrogen and oxygen atoms in total. The third-order valence-electron chi connectivity index (χ3n) is 1.12. The van der Waals surface area contributed by atoms with E-state index in [1.807, 2.05) is 0 Å². The van der Waals surface area contributed by atoms with Crippen LogP contribution in [0.2, 0.25) is 0 Å². The Balaban J connectivity index is 2.72. The number of nitrogens with zero attached hydrogens (tertiary/aromatic N) is 1. The predicted molar refractivity (Wildman–Crippen MR) is 50.1 cm³/mol. The average molecular weight is 227 g/mol. The van der Waals surface area contributed by atoms with Gasteiger partial charge in [0.1, 0.15) is 5.69 Å². The Morgan fingerprint density at radius 3 is 3.00 bits per heavy atom. The minimum Gasteiger partial charge on any atom is -0.268 e. The summed E-state index contributed by atoms with van der Waals surface area (Å²) < 4.78 is 0. The van der Waals surface area contributed by atoms with Gasteiger partial charge in [-0.05, 0) is 12.0 Å². The molecular weight excluding hydrogens is 220 g/mol. The van der Waals surface area contributed by atoms with E-state index in [-0.39, 0.29) is 5.56 Å². The van der Waals surface area contributed by atoms with Gasteiger partial charge in [0.05, 0.1) is 0 Å². The van der Waals surface area contributed by atoms with Crippen molar-refractivity contribution in [3.05, 3.63) is 28.2 Å². The number of aromatic amines is 1. The molecule has 1 heterocycles. The van der Waals surface area contributed by atoms with Crippen molar-refractivity contribution in [1.82, 2.24) is 10.2 Å². The summed E-state index contributed by atoms with van der Waals surface area (Å²) in [6.45, 7) is 0. The Labute approximate surface area is 78.3 Å². The van der Waals surface area contributed by atoms with Crippen molar-refractivity contribution in [2.24, 2.45) is 0 Å². The first-order valence-corrected chi connectivity index (χ1v) is 4.55.